The summed E-state index contributed by atoms with van der Waals surface area (Å²) in [5, 5.41) is 11.4. The first-order valence-corrected chi connectivity index (χ1v) is 7.83. The second-order valence-electron chi connectivity index (χ2n) is 3.55. The molecule has 1 heterocycles. The second kappa shape index (κ2) is 6.36. The molecule has 0 aliphatic heterocycles. The highest BCUT2D eigenvalue weighted by molar-refractivity contribution is 9.10. The molecule has 0 fully saturated rings. The highest BCUT2D eigenvalue weighted by Gasteiger charge is 2.06. The molecule has 0 aliphatic carbocycles. The van der Waals surface area contributed by atoms with Crippen LogP contribution in [0.15, 0.2) is 39.0 Å². The summed E-state index contributed by atoms with van der Waals surface area (Å²) < 4.78 is 1.05. The van der Waals surface area contributed by atoms with Crippen molar-refractivity contribution >= 4 is 45.0 Å². The van der Waals surface area contributed by atoms with E-state index in [4.69, 9.17) is 5.11 Å². The molecule has 0 radical (unpaired) electrons. The van der Waals surface area contributed by atoms with Crippen molar-refractivity contribution in [3.8, 4) is 0 Å². The average Bonchev–Trinajstić information content (AvgIpc) is 2.73. The van der Waals surface area contributed by atoms with Gasteiger partial charge in [-0.15, -0.1) is 23.1 Å². The lowest BCUT2D eigenvalue weighted by Gasteiger charge is -1.99. The molecule has 0 aliphatic rings. The third kappa shape index (κ3) is 4.12. The van der Waals surface area contributed by atoms with Gasteiger partial charge in [0.2, 0.25) is 0 Å². The van der Waals surface area contributed by atoms with E-state index in [0.717, 1.165) is 15.2 Å². The van der Waals surface area contributed by atoms with Gasteiger partial charge in [0.25, 0.3) is 0 Å². The van der Waals surface area contributed by atoms with Gasteiger partial charge in [0.15, 0.2) is 0 Å². The first kappa shape index (κ1) is 13.6. The number of thioether (sulfide) groups is 1. The molecule has 18 heavy (non-hydrogen) atoms. The fourth-order valence-corrected chi connectivity index (χ4v) is 3.67. The third-order valence-electron chi connectivity index (χ3n) is 2.09. The molecule has 2 rings (SSSR count). The molecule has 6 heteroatoms. The molecule has 3 nitrogen and oxygen atoms in total. The zero-order valence-electron chi connectivity index (χ0n) is 9.30. The molecule has 0 saturated heterocycles. The van der Waals surface area contributed by atoms with Crippen molar-refractivity contribution in [1.82, 2.24) is 4.98 Å². The SMILES string of the molecule is O=C(O)Cc1csc(CSc2cccc(Br)c2)n1. The third-order valence-corrected chi connectivity index (χ3v) is 4.67. The second-order valence-corrected chi connectivity index (χ2v) is 6.46. The number of nitrogens with zero attached hydrogens (tertiary/aromatic N) is 1. The summed E-state index contributed by atoms with van der Waals surface area (Å²) in [6, 6.07) is 8.07. The lowest BCUT2D eigenvalue weighted by molar-refractivity contribution is -0.136. The van der Waals surface area contributed by atoms with E-state index in [0.29, 0.717) is 5.69 Å². The highest BCUT2D eigenvalue weighted by Crippen LogP contribution is 2.26. The van der Waals surface area contributed by atoms with Gasteiger partial charge in [-0.2, -0.15) is 0 Å². The van der Waals surface area contributed by atoms with Crippen LogP contribution in [0.25, 0.3) is 0 Å². The van der Waals surface area contributed by atoms with E-state index >= 15 is 0 Å². The Morgan fingerprint density at radius 2 is 2.33 bits per heavy atom. The number of rotatable bonds is 5. The minimum atomic E-state index is -0.841. The van der Waals surface area contributed by atoms with E-state index in [1.54, 1.807) is 11.8 Å². The number of aliphatic carboxylic acids is 1. The Morgan fingerprint density at radius 3 is 3.06 bits per heavy atom. The molecule has 0 spiro atoms. The van der Waals surface area contributed by atoms with Crippen LogP contribution in [0.5, 0.6) is 0 Å². The summed E-state index contributed by atoms with van der Waals surface area (Å²) in [6.07, 6.45) is -0.00193. The molecular formula is C12H10BrNO2S2. The Kier molecular flexibility index (Phi) is 4.79. The van der Waals surface area contributed by atoms with Crippen LogP contribution in [-0.4, -0.2) is 16.1 Å². The zero-order chi connectivity index (χ0) is 13.0. The number of carboxylic acids is 1. The lowest BCUT2D eigenvalue weighted by atomic mass is 10.3. The Morgan fingerprint density at radius 1 is 1.50 bits per heavy atom. The van der Waals surface area contributed by atoms with Crippen LogP contribution in [-0.2, 0) is 17.0 Å². The Bertz CT molecular complexity index is 557. The minimum Gasteiger partial charge on any atom is -0.481 e. The molecule has 0 atom stereocenters. The van der Waals surface area contributed by atoms with Gasteiger partial charge in [-0.3, -0.25) is 4.79 Å². The maximum absolute atomic E-state index is 10.5. The van der Waals surface area contributed by atoms with Crippen molar-refractivity contribution in [2.45, 2.75) is 17.1 Å². The van der Waals surface area contributed by atoms with Gasteiger partial charge in [0.05, 0.1) is 17.9 Å². The average molecular weight is 344 g/mol. The van der Waals surface area contributed by atoms with Crippen LogP contribution in [0.1, 0.15) is 10.7 Å². The molecular weight excluding hydrogens is 334 g/mol. The van der Waals surface area contributed by atoms with Crippen molar-refractivity contribution < 1.29 is 9.90 Å². The van der Waals surface area contributed by atoms with Gasteiger partial charge in [-0.1, -0.05) is 22.0 Å². The first-order chi connectivity index (χ1) is 8.63. The topological polar surface area (TPSA) is 50.2 Å². The maximum Gasteiger partial charge on any atom is 0.309 e. The van der Waals surface area contributed by atoms with E-state index in [2.05, 4.69) is 27.0 Å². The van der Waals surface area contributed by atoms with Gasteiger partial charge in [0, 0.05) is 14.7 Å². The van der Waals surface area contributed by atoms with Crippen molar-refractivity contribution in [1.29, 1.82) is 0 Å². The van der Waals surface area contributed by atoms with Crippen molar-refractivity contribution in [3.63, 3.8) is 0 Å². The number of carbonyl (C=O) groups is 1. The summed E-state index contributed by atoms with van der Waals surface area (Å²) in [6.45, 7) is 0. The fourth-order valence-electron chi connectivity index (χ4n) is 1.35. The first-order valence-electron chi connectivity index (χ1n) is 5.17. The number of carboxylic acid groups (broad SMARTS) is 1. The zero-order valence-corrected chi connectivity index (χ0v) is 12.5. The quantitative estimate of drug-likeness (QED) is 0.838. The monoisotopic (exact) mass is 343 g/mol. The number of hydrogen-bond acceptors (Lipinski definition) is 4. The fraction of sp³-hybridized carbons (Fsp3) is 0.167. The van der Waals surface area contributed by atoms with Gasteiger partial charge in [-0.25, -0.2) is 4.98 Å². The van der Waals surface area contributed by atoms with E-state index < -0.39 is 5.97 Å². The summed E-state index contributed by atoms with van der Waals surface area (Å²) in [5.41, 5.74) is 0.636. The molecule has 1 aromatic carbocycles. The number of benzene rings is 1. The molecule has 1 aromatic heterocycles. The van der Waals surface area contributed by atoms with Crippen LogP contribution in [0, 0.1) is 0 Å². The van der Waals surface area contributed by atoms with Gasteiger partial charge >= 0.3 is 5.97 Å². The Labute approximate surface area is 121 Å². The van der Waals surface area contributed by atoms with Crippen LogP contribution >= 0.6 is 39.0 Å². The maximum atomic E-state index is 10.5. The molecule has 0 bridgehead atoms. The minimum absolute atomic E-state index is 0.00193. The Balaban J connectivity index is 1.94. The molecule has 0 amide bonds. The van der Waals surface area contributed by atoms with E-state index in [1.807, 2.05) is 23.6 Å². The van der Waals surface area contributed by atoms with Crippen molar-refractivity contribution in [2.75, 3.05) is 0 Å². The standard InChI is InChI=1S/C12H10BrNO2S2/c13-8-2-1-3-10(4-8)17-7-11-14-9(6-18-11)5-12(15)16/h1-4,6H,5,7H2,(H,15,16). The number of hydrogen-bond donors (Lipinski definition) is 1. The molecule has 1 N–H and O–H groups in total. The van der Waals surface area contributed by atoms with Gasteiger partial charge in [0.1, 0.15) is 5.01 Å². The summed E-state index contributed by atoms with van der Waals surface area (Å²) >= 11 is 6.63. The molecule has 2 aromatic rings. The predicted octanol–water partition coefficient (Wildman–Crippen LogP) is 3.83. The van der Waals surface area contributed by atoms with Gasteiger partial charge in [-0.05, 0) is 18.2 Å². The number of halogens is 1. The van der Waals surface area contributed by atoms with E-state index in [1.165, 1.54) is 16.2 Å². The smallest absolute Gasteiger partial charge is 0.309 e. The van der Waals surface area contributed by atoms with Crippen LogP contribution in [0.2, 0.25) is 0 Å². The molecule has 94 valence electrons. The molecule has 0 saturated carbocycles. The summed E-state index contributed by atoms with van der Waals surface area (Å²) in [4.78, 5) is 16.0. The highest BCUT2D eigenvalue weighted by atomic mass is 79.9. The Hall–Kier alpha value is -0.850. The normalized spacial score (nSPS) is 10.5. The number of thiazole rings is 1. The van der Waals surface area contributed by atoms with Crippen LogP contribution in [0.4, 0.5) is 0 Å². The van der Waals surface area contributed by atoms with Crippen LogP contribution < -0.4 is 0 Å². The lowest BCUT2D eigenvalue weighted by Crippen LogP contribution is -2.00. The van der Waals surface area contributed by atoms with Gasteiger partial charge < -0.3 is 5.11 Å². The summed E-state index contributed by atoms with van der Waals surface area (Å²) in [7, 11) is 0. The summed E-state index contributed by atoms with van der Waals surface area (Å²) in [5.74, 6) is -0.0766. The molecule has 0 unspecified atom stereocenters. The van der Waals surface area contributed by atoms with Crippen molar-refractivity contribution in [2.24, 2.45) is 0 Å². The van der Waals surface area contributed by atoms with E-state index in [9.17, 15) is 4.79 Å². The predicted molar refractivity (Wildman–Crippen MR) is 77.2 cm³/mol. The number of aromatic nitrogens is 1. The van der Waals surface area contributed by atoms with E-state index in [-0.39, 0.29) is 6.42 Å². The van der Waals surface area contributed by atoms with Crippen molar-refractivity contribution in [3.05, 3.63) is 44.8 Å². The van der Waals surface area contributed by atoms with Crippen LogP contribution in [0.3, 0.4) is 0 Å². The largest absolute Gasteiger partial charge is 0.481 e.